The summed E-state index contributed by atoms with van der Waals surface area (Å²) in [5.74, 6) is -0.516. The van der Waals surface area contributed by atoms with Crippen molar-refractivity contribution < 1.29 is 9.18 Å². The number of hydrogen-bond donors (Lipinski definition) is 0. The van der Waals surface area contributed by atoms with E-state index in [2.05, 4.69) is 0 Å². The number of benzene rings is 3. The van der Waals surface area contributed by atoms with Crippen LogP contribution in [-0.4, -0.2) is 10.8 Å². The molecule has 130 valence electrons. The minimum absolute atomic E-state index is 0.338. The van der Waals surface area contributed by atoms with E-state index < -0.39 is 17.6 Å². The number of β-lactam (4-membered cyclic amide) rings is 1. The van der Waals surface area contributed by atoms with Gasteiger partial charge >= 0.3 is 0 Å². The Labute approximate surface area is 156 Å². The predicted octanol–water partition coefficient (Wildman–Crippen LogP) is 5.29. The Morgan fingerprint density at radius 1 is 0.885 bits per heavy atom. The van der Waals surface area contributed by atoms with Crippen molar-refractivity contribution >= 4 is 17.5 Å². The zero-order chi connectivity index (χ0) is 18.1. The predicted molar refractivity (Wildman–Crippen MR) is 100 cm³/mol. The van der Waals surface area contributed by atoms with E-state index in [1.165, 1.54) is 0 Å². The van der Waals surface area contributed by atoms with Gasteiger partial charge in [0.15, 0.2) is 0 Å². The lowest BCUT2D eigenvalue weighted by Crippen LogP contribution is -2.63. The Hall–Kier alpha value is -2.65. The number of nitrogens with zero attached hydrogens (tertiary/aromatic N) is 1. The molecule has 0 radical (unpaired) electrons. The second-order valence-electron chi connectivity index (χ2n) is 6.45. The molecule has 1 heterocycles. The summed E-state index contributed by atoms with van der Waals surface area (Å²) in [6, 6.07) is 24.7. The maximum absolute atomic E-state index is 16.0. The van der Waals surface area contributed by atoms with Gasteiger partial charge in [0.05, 0.1) is 0 Å². The molecular formula is C22H17ClFNO. The van der Waals surface area contributed by atoms with E-state index >= 15 is 4.39 Å². The van der Waals surface area contributed by atoms with Crippen LogP contribution in [0.25, 0.3) is 0 Å². The summed E-state index contributed by atoms with van der Waals surface area (Å²) in [7, 11) is 0. The lowest BCUT2D eigenvalue weighted by molar-refractivity contribution is -0.181. The third-order valence-corrected chi connectivity index (χ3v) is 5.09. The van der Waals surface area contributed by atoms with Crippen LogP contribution in [0.4, 0.5) is 4.39 Å². The fourth-order valence-electron chi connectivity index (χ4n) is 3.55. The second-order valence-corrected chi connectivity index (χ2v) is 6.89. The molecule has 0 spiro atoms. The van der Waals surface area contributed by atoms with Crippen molar-refractivity contribution in [2.75, 3.05) is 0 Å². The second kappa shape index (κ2) is 6.58. The van der Waals surface area contributed by atoms with Crippen LogP contribution >= 0.6 is 11.6 Å². The summed E-state index contributed by atoms with van der Waals surface area (Å²) < 4.78 is 16.0. The maximum Gasteiger partial charge on any atom is 0.268 e. The Kier molecular flexibility index (Phi) is 4.25. The molecular weight excluding hydrogens is 349 g/mol. The molecule has 0 N–H and O–H groups in total. The van der Waals surface area contributed by atoms with Crippen molar-refractivity contribution in [3.05, 3.63) is 107 Å². The zero-order valence-corrected chi connectivity index (χ0v) is 14.7. The number of alkyl halides is 1. The van der Waals surface area contributed by atoms with E-state index in [4.69, 9.17) is 11.6 Å². The Morgan fingerprint density at radius 3 is 2.08 bits per heavy atom. The molecule has 1 amide bonds. The van der Waals surface area contributed by atoms with Crippen LogP contribution in [0.15, 0.2) is 84.9 Å². The third-order valence-electron chi connectivity index (χ3n) is 4.84. The number of hydrogen-bond acceptors (Lipinski definition) is 1. The molecule has 0 bridgehead atoms. The number of amides is 1. The van der Waals surface area contributed by atoms with Gasteiger partial charge in [-0.15, -0.1) is 0 Å². The van der Waals surface area contributed by atoms with Gasteiger partial charge in [-0.05, 0) is 23.3 Å². The van der Waals surface area contributed by atoms with E-state index in [1.54, 1.807) is 29.2 Å². The molecule has 0 aliphatic carbocycles. The minimum Gasteiger partial charge on any atom is -0.324 e. The van der Waals surface area contributed by atoms with Gasteiger partial charge in [-0.2, -0.15) is 0 Å². The first kappa shape index (κ1) is 16.8. The number of carbonyl (C=O) groups excluding carboxylic acids is 1. The van der Waals surface area contributed by atoms with E-state index in [1.807, 2.05) is 60.7 Å². The van der Waals surface area contributed by atoms with Crippen LogP contribution in [0.1, 0.15) is 22.7 Å². The smallest absolute Gasteiger partial charge is 0.268 e. The lowest BCUT2D eigenvalue weighted by Gasteiger charge is -2.51. The normalized spacial score (nSPS) is 22.2. The van der Waals surface area contributed by atoms with Crippen LogP contribution in [0.3, 0.4) is 0 Å². The highest BCUT2D eigenvalue weighted by Gasteiger charge is 2.63. The Bertz CT molecular complexity index is 914. The van der Waals surface area contributed by atoms with Crippen molar-refractivity contribution in [2.24, 2.45) is 0 Å². The molecule has 4 rings (SSSR count). The highest BCUT2D eigenvalue weighted by molar-refractivity contribution is 6.30. The molecule has 1 aliphatic heterocycles. The highest BCUT2D eigenvalue weighted by Crippen LogP contribution is 2.53. The average molecular weight is 366 g/mol. The van der Waals surface area contributed by atoms with Gasteiger partial charge in [0.25, 0.3) is 5.91 Å². The fourth-order valence-corrected chi connectivity index (χ4v) is 3.68. The van der Waals surface area contributed by atoms with Gasteiger partial charge < -0.3 is 4.90 Å². The molecule has 3 aromatic rings. The summed E-state index contributed by atoms with van der Waals surface area (Å²) in [5.41, 5.74) is 0.00579. The summed E-state index contributed by atoms with van der Waals surface area (Å²) in [5, 5.41) is 0.515. The van der Waals surface area contributed by atoms with Crippen LogP contribution in [0.2, 0.25) is 5.02 Å². The molecule has 0 saturated carbocycles. The van der Waals surface area contributed by atoms with Crippen LogP contribution < -0.4 is 0 Å². The number of rotatable bonds is 4. The molecule has 1 saturated heterocycles. The van der Waals surface area contributed by atoms with Crippen molar-refractivity contribution in [3.8, 4) is 0 Å². The van der Waals surface area contributed by atoms with E-state index in [9.17, 15) is 4.79 Å². The molecule has 1 fully saturated rings. The summed E-state index contributed by atoms with van der Waals surface area (Å²) in [6.45, 7) is 0.374. The van der Waals surface area contributed by atoms with Gasteiger partial charge in [-0.25, -0.2) is 4.39 Å². The topological polar surface area (TPSA) is 20.3 Å². The zero-order valence-electron chi connectivity index (χ0n) is 14.0. The van der Waals surface area contributed by atoms with E-state index in [-0.39, 0.29) is 0 Å². The maximum atomic E-state index is 16.0. The van der Waals surface area contributed by atoms with Gasteiger partial charge in [0.2, 0.25) is 5.67 Å². The lowest BCUT2D eigenvalue weighted by atomic mass is 9.74. The first-order valence-corrected chi connectivity index (χ1v) is 8.83. The molecule has 4 heteroatoms. The fraction of sp³-hybridized carbons (Fsp3) is 0.136. The summed E-state index contributed by atoms with van der Waals surface area (Å²) >= 11 is 5.93. The van der Waals surface area contributed by atoms with Crippen LogP contribution in [0.5, 0.6) is 0 Å². The van der Waals surface area contributed by atoms with Gasteiger partial charge in [-0.3, -0.25) is 4.79 Å². The quantitative estimate of drug-likeness (QED) is 0.575. The average Bonchev–Trinajstić information content (AvgIpc) is 2.69. The van der Waals surface area contributed by atoms with Crippen molar-refractivity contribution in [3.63, 3.8) is 0 Å². The largest absolute Gasteiger partial charge is 0.324 e. The van der Waals surface area contributed by atoms with Gasteiger partial charge in [0.1, 0.15) is 6.04 Å². The van der Waals surface area contributed by atoms with Crippen molar-refractivity contribution in [1.82, 2.24) is 4.90 Å². The first-order chi connectivity index (χ1) is 12.6. The molecule has 0 aromatic heterocycles. The standard InChI is InChI=1S/C22H17ClFNO/c23-19-13-11-18(12-14-19)22(24)20(17-9-5-2-6-10-17)25(21(22)26)15-16-7-3-1-4-8-16/h1-14,20H,15H2/t20-,22+/m0/s1. The molecule has 3 aromatic carbocycles. The van der Waals surface area contributed by atoms with Crippen LogP contribution in [0, 0.1) is 0 Å². The van der Waals surface area contributed by atoms with Crippen molar-refractivity contribution in [2.45, 2.75) is 18.3 Å². The first-order valence-electron chi connectivity index (χ1n) is 8.45. The molecule has 0 unspecified atom stereocenters. The number of likely N-dealkylation sites (tertiary alicyclic amines) is 1. The Morgan fingerprint density at radius 2 is 1.46 bits per heavy atom. The van der Waals surface area contributed by atoms with Crippen LogP contribution in [-0.2, 0) is 17.0 Å². The molecule has 1 aliphatic rings. The third kappa shape index (κ3) is 2.69. The molecule has 26 heavy (non-hydrogen) atoms. The summed E-state index contributed by atoms with van der Waals surface area (Å²) in [6.07, 6.45) is 0. The number of halogens is 2. The van der Waals surface area contributed by atoms with Gasteiger partial charge in [0, 0.05) is 17.1 Å². The molecule has 2 atom stereocenters. The minimum atomic E-state index is -2.08. The monoisotopic (exact) mass is 365 g/mol. The van der Waals surface area contributed by atoms with E-state index in [0.29, 0.717) is 17.1 Å². The molecule has 2 nitrogen and oxygen atoms in total. The highest BCUT2D eigenvalue weighted by atomic mass is 35.5. The Balaban J connectivity index is 1.74. The summed E-state index contributed by atoms with van der Waals surface area (Å²) in [4.78, 5) is 14.5. The van der Waals surface area contributed by atoms with Gasteiger partial charge in [-0.1, -0.05) is 84.4 Å². The van der Waals surface area contributed by atoms with Crippen molar-refractivity contribution in [1.29, 1.82) is 0 Å². The van der Waals surface area contributed by atoms with E-state index in [0.717, 1.165) is 11.1 Å². The number of carbonyl (C=O) groups is 1. The SMILES string of the molecule is O=C1N(Cc2ccccc2)[C@@H](c2ccccc2)[C@]1(F)c1ccc(Cl)cc1.